The molecule has 0 bridgehead atoms. The van der Waals surface area contributed by atoms with Crippen LogP contribution in [0.3, 0.4) is 0 Å². The van der Waals surface area contributed by atoms with Crippen LogP contribution in [-0.2, 0) is 11.3 Å². The van der Waals surface area contributed by atoms with Crippen molar-refractivity contribution in [2.24, 2.45) is 0 Å². The fraction of sp³-hybridized carbons (Fsp3) is 0.526. The van der Waals surface area contributed by atoms with Crippen LogP contribution < -0.4 is 10.2 Å². The number of carbonyl (C=O) groups is 1. The van der Waals surface area contributed by atoms with E-state index in [-0.39, 0.29) is 11.7 Å². The molecule has 1 aliphatic carbocycles. The molecule has 1 aliphatic heterocycles. The molecule has 4 rings (SSSR count). The summed E-state index contributed by atoms with van der Waals surface area (Å²) in [4.78, 5) is 14.5. The minimum absolute atomic E-state index is 0.0601. The number of aromatic nitrogens is 3. The number of aryl methyl sites for hydroxylation is 1. The predicted molar refractivity (Wildman–Crippen MR) is 103 cm³/mol. The zero-order valence-corrected chi connectivity index (χ0v) is 16.3. The van der Waals surface area contributed by atoms with Crippen molar-refractivity contribution < 1.29 is 9.18 Å². The van der Waals surface area contributed by atoms with Gasteiger partial charge in [0.25, 0.3) is 0 Å². The van der Waals surface area contributed by atoms with Crippen molar-refractivity contribution in [2.75, 3.05) is 23.7 Å². The molecule has 0 spiro atoms. The van der Waals surface area contributed by atoms with Crippen LogP contribution in [0.25, 0.3) is 0 Å². The van der Waals surface area contributed by atoms with Gasteiger partial charge in [-0.2, -0.15) is 0 Å². The van der Waals surface area contributed by atoms with Gasteiger partial charge in [-0.1, -0.05) is 23.9 Å². The van der Waals surface area contributed by atoms with Gasteiger partial charge in [-0.3, -0.25) is 9.36 Å². The number of amides is 1. The van der Waals surface area contributed by atoms with E-state index in [0.717, 1.165) is 42.6 Å². The number of nitrogens with one attached hydrogen (secondary N) is 1. The Labute approximate surface area is 162 Å². The highest BCUT2D eigenvalue weighted by atomic mass is 32.2. The van der Waals surface area contributed by atoms with E-state index in [2.05, 4.69) is 25.0 Å². The zero-order chi connectivity index (χ0) is 18.8. The van der Waals surface area contributed by atoms with Gasteiger partial charge in [-0.15, -0.1) is 10.2 Å². The highest BCUT2D eigenvalue weighted by molar-refractivity contribution is 7.99. The number of benzene rings is 1. The lowest BCUT2D eigenvalue weighted by atomic mass is 10.1. The molecule has 1 amide bonds. The number of carbonyl (C=O) groups excluding carboxylic acids is 1. The molecule has 144 valence electrons. The van der Waals surface area contributed by atoms with Crippen molar-refractivity contribution in [3.8, 4) is 0 Å². The molecular weight excluding hydrogens is 365 g/mol. The van der Waals surface area contributed by atoms with E-state index in [9.17, 15) is 9.18 Å². The average Bonchev–Trinajstić information content (AvgIpc) is 3.18. The lowest BCUT2D eigenvalue weighted by Crippen LogP contribution is -2.25. The second kappa shape index (κ2) is 7.88. The highest BCUT2D eigenvalue weighted by Crippen LogP contribution is 2.41. The number of halogens is 1. The van der Waals surface area contributed by atoms with Crippen LogP contribution in [0, 0.1) is 12.7 Å². The molecule has 1 saturated heterocycles. The molecular formula is C19H24FN5OS. The molecule has 6 nitrogen and oxygen atoms in total. The van der Waals surface area contributed by atoms with Crippen LogP contribution >= 0.6 is 11.8 Å². The summed E-state index contributed by atoms with van der Waals surface area (Å²) in [6, 6.07) is 5.36. The predicted octanol–water partition coefficient (Wildman–Crippen LogP) is 3.07. The van der Waals surface area contributed by atoms with Crippen molar-refractivity contribution in [1.82, 2.24) is 20.1 Å². The first-order valence-corrected chi connectivity index (χ1v) is 10.4. The van der Waals surface area contributed by atoms with E-state index in [1.165, 1.54) is 30.7 Å². The Morgan fingerprint density at radius 1 is 1.30 bits per heavy atom. The highest BCUT2D eigenvalue weighted by Gasteiger charge is 2.32. The molecule has 2 aromatic rings. The molecule has 0 radical (unpaired) electrons. The second-order valence-corrected chi connectivity index (χ2v) is 8.17. The van der Waals surface area contributed by atoms with Gasteiger partial charge in [0.1, 0.15) is 5.82 Å². The van der Waals surface area contributed by atoms with Gasteiger partial charge in [0, 0.05) is 25.7 Å². The summed E-state index contributed by atoms with van der Waals surface area (Å²) < 4.78 is 15.5. The van der Waals surface area contributed by atoms with E-state index >= 15 is 0 Å². The third kappa shape index (κ3) is 4.26. The molecule has 2 aliphatic rings. The fourth-order valence-corrected chi connectivity index (χ4v) is 4.18. The minimum Gasteiger partial charge on any atom is -0.351 e. The average molecular weight is 390 g/mol. The second-order valence-electron chi connectivity index (χ2n) is 7.23. The molecule has 0 unspecified atom stereocenters. The van der Waals surface area contributed by atoms with E-state index in [1.54, 1.807) is 19.1 Å². The first-order chi connectivity index (χ1) is 13.1. The lowest BCUT2D eigenvalue weighted by molar-refractivity contribution is -0.118. The number of hydrogen-bond acceptors (Lipinski definition) is 5. The normalized spacial score (nSPS) is 16.7. The lowest BCUT2D eigenvalue weighted by Gasteiger charge is -2.17. The minimum atomic E-state index is -0.228. The third-order valence-corrected chi connectivity index (χ3v) is 5.93. The van der Waals surface area contributed by atoms with Crippen molar-refractivity contribution in [1.29, 1.82) is 0 Å². The molecule has 1 saturated carbocycles. The van der Waals surface area contributed by atoms with Gasteiger partial charge >= 0.3 is 0 Å². The van der Waals surface area contributed by atoms with Gasteiger partial charge < -0.3 is 10.2 Å². The number of thioether (sulfide) groups is 1. The van der Waals surface area contributed by atoms with Gasteiger partial charge in [0.2, 0.25) is 11.9 Å². The van der Waals surface area contributed by atoms with Gasteiger partial charge in [-0.05, 0) is 49.8 Å². The van der Waals surface area contributed by atoms with Crippen LogP contribution in [0.1, 0.15) is 42.9 Å². The van der Waals surface area contributed by atoms with Gasteiger partial charge in [0.15, 0.2) is 5.16 Å². The summed E-state index contributed by atoms with van der Waals surface area (Å²) in [6.45, 7) is 4.19. The van der Waals surface area contributed by atoms with Gasteiger partial charge in [0.05, 0.1) is 5.75 Å². The Bertz CT molecular complexity index is 830. The summed E-state index contributed by atoms with van der Waals surface area (Å²) in [5.74, 6) is 0.967. The molecule has 2 heterocycles. The number of hydrogen-bond donors (Lipinski definition) is 1. The molecule has 1 aromatic heterocycles. The molecule has 0 atom stereocenters. The maximum absolute atomic E-state index is 13.3. The van der Waals surface area contributed by atoms with E-state index in [1.807, 2.05) is 0 Å². The molecule has 8 heteroatoms. The van der Waals surface area contributed by atoms with Crippen molar-refractivity contribution in [3.63, 3.8) is 0 Å². The van der Waals surface area contributed by atoms with Crippen molar-refractivity contribution >= 4 is 23.6 Å². The first-order valence-electron chi connectivity index (χ1n) is 9.46. The van der Waals surface area contributed by atoms with Gasteiger partial charge in [-0.25, -0.2) is 4.39 Å². The Morgan fingerprint density at radius 3 is 2.78 bits per heavy atom. The van der Waals surface area contributed by atoms with Crippen LogP contribution in [0.4, 0.5) is 10.3 Å². The van der Waals surface area contributed by atoms with Crippen LogP contribution in [0.15, 0.2) is 23.4 Å². The maximum Gasteiger partial charge on any atom is 0.230 e. The number of nitrogens with zero attached hydrogens (tertiary/aromatic N) is 4. The topological polar surface area (TPSA) is 63.1 Å². The van der Waals surface area contributed by atoms with Crippen molar-refractivity contribution in [3.05, 3.63) is 35.1 Å². The summed E-state index contributed by atoms with van der Waals surface area (Å²) in [7, 11) is 0. The Morgan fingerprint density at radius 2 is 2.07 bits per heavy atom. The Hall–Kier alpha value is -2.09. The van der Waals surface area contributed by atoms with Crippen LogP contribution in [0.5, 0.6) is 0 Å². The quantitative estimate of drug-likeness (QED) is 0.738. The molecule has 1 N–H and O–H groups in total. The Balaban J connectivity index is 1.34. The Kier molecular flexibility index (Phi) is 5.33. The number of rotatable bonds is 7. The van der Waals surface area contributed by atoms with Crippen LogP contribution in [0.2, 0.25) is 0 Å². The first kappa shape index (κ1) is 18.3. The monoisotopic (exact) mass is 389 g/mol. The summed E-state index contributed by atoms with van der Waals surface area (Å²) >= 11 is 1.43. The summed E-state index contributed by atoms with van der Waals surface area (Å²) in [5.41, 5.74) is 1.48. The van der Waals surface area contributed by atoms with Crippen LogP contribution in [-0.4, -0.2) is 39.5 Å². The fourth-order valence-electron chi connectivity index (χ4n) is 3.35. The molecule has 27 heavy (non-hydrogen) atoms. The molecule has 2 fully saturated rings. The third-order valence-electron chi connectivity index (χ3n) is 4.99. The standard InChI is InChI=1S/C19H24FN5OS/c1-13-10-14(4-7-16(13)20)11-21-17(26)12-27-19-23-22-18(24-8-2-3-9-24)25(19)15-5-6-15/h4,7,10,15H,2-3,5-6,8-9,11-12H2,1H3,(H,21,26). The zero-order valence-electron chi connectivity index (χ0n) is 15.4. The smallest absolute Gasteiger partial charge is 0.230 e. The molecule has 1 aromatic carbocycles. The summed E-state index contributed by atoms with van der Waals surface area (Å²) in [5, 5.41) is 12.5. The SMILES string of the molecule is Cc1cc(CNC(=O)CSc2nnc(N3CCCC3)n2C2CC2)ccc1F. The van der Waals surface area contributed by atoms with E-state index in [0.29, 0.717) is 23.9 Å². The van der Waals surface area contributed by atoms with Crippen molar-refractivity contribution in [2.45, 2.75) is 50.4 Å². The number of anilines is 1. The van der Waals surface area contributed by atoms with E-state index in [4.69, 9.17) is 0 Å². The maximum atomic E-state index is 13.3. The van der Waals surface area contributed by atoms with E-state index < -0.39 is 0 Å². The summed E-state index contributed by atoms with van der Waals surface area (Å²) in [6.07, 6.45) is 4.71. The largest absolute Gasteiger partial charge is 0.351 e.